The Hall–Kier alpha value is -1.39. The monoisotopic (exact) mass is 303 g/mol. The van der Waals surface area contributed by atoms with Gasteiger partial charge in [0, 0.05) is 26.2 Å². The first-order chi connectivity index (χ1) is 10.6. The van der Waals surface area contributed by atoms with Crippen LogP contribution in [0.5, 0.6) is 0 Å². The molecular weight excluding hydrogens is 274 g/mol. The van der Waals surface area contributed by atoms with Gasteiger partial charge in [-0.1, -0.05) is 37.3 Å². The van der Waals surface area contributed by atoms with Crippen LogP contribution in [0.4, 0.5) is 0 Å². The lowest BCUT2D eigenvalue weighted by Crippen LogP contribution is -2.45. The summed E-state index contributed by atoms with van der Waals surface area (Å²) in [6.45, 7) is 8.79. The summed E-state index contributed by atoms with van der Waals surface area (Å²) < 4.78 is 0. The highest BCUT2D eigenvalue weighted by Crippen LogP contribution is 2.20. The molecule has 0 radical (unpaired) electrons. The lowest BCUT2D eigenvalue weighted by molar-refractivity contribution is -0.133. The molecule has 1 amide bonds. The first-order valence-electron chi connectivity index (χ1n) is 8.44. The molecule has 0 spiro atoms. The minimum Gasteiger partial charge on any atom is -0.341 e. The molecule has 1 aliphatic heterocycles. The van der Waals surface area contributed by atoms with Gasteiger partial charge in [-0.05, 0) is 37.8 Å². The van der Waals surface area contributed by atoms with Crippen molar-refractivity contribution in [3.63, 3.8) is 0 Å². The van der Waals surface area contributed by atoms with Gasteiger partial charge in [-0.15, -0.1) is 0 Å². The van der Waals surface area contributed by atoms with E-state index in [9.17, 15) is 4.79 Å². The van der Waals surface area contributed by atoms with Gasteiger partial charge in [0.2, 0.25) is 5.91 Å². The van der Waals surface area contributed by atoms with Crippen molar-refractivity contribution in [1.29, 1.82) is 0 Å². The molecule has 22 heavy (non-hydrogen) atoms. The van der Waals surface area contributed by atoms with Crippen molar-refractivity contribution in [2.75, 3.05) is 26.2 Å². The van der Waals surface area contributed by atoms with E-state index in [1.165, 1.54) is 5.56 Å². The minimum atomic E-state index is -0.346. The van der Waals surface area contributed by atoms with Crippen LogP contribution in [0.1, 0.15) is 32.3 Å². The fourth-order valence-corrected chi connectivity index (χ4v) is 3.14. The molecule has 0 aliphatic carbocycles. The zero-order chi connectivity index (χ0) is 15.9. The van der Waals surface area contributed by atoms with E-state index >= 15 is 0 Å². The Morgan fingerprint density at radius 3 is 2.73 bits per heavy atom. The van der Waals surface area contributed by atoms with Gasteiger partial charge in [0.15, 0.2) is 0 Å². The topological polar surface area (TPSA) is 49.6 Å². The Morgan fingerprint density at radius 1 is 1.36 bits per heavy atom. The van der Waals surface area contributed by atoms with Gasteiger partial charge < -0.3 is 10.6 Å². The molecule has 1 aliphatic rings. The zero-order valence-electron chi connectivity index (χ0n) is 13.9. The highest BCUT2D eigenvalue weighted by Gasteiger charge is 2.27. The molecule has 1 unspecified atom stereocenters. The van der Waals surface area contributed by atoms with E-state index in [0.29, 0.717) is 12.3 Å². The predicted molar refractivity (Wildman–Crippen MR) is 90.3 cm³/mol. The molecule has 0 saturated carbocycles. The Morgan fingerprint density at radius 2 is 2.09 bits per heavy atom. The summed E-state index contributed by atoms with van der Waals surface area (Å²) in [5.41, 5.74) is 7.26. The second kappa shape index (κ2) is 8.30. The Balaban J connectivity index is 1.83. The maximum absolute atomic E-state index is 12.3. The van der Waals surface area contributed by atoms with Crippen molar-refractivity contribution in [3.05, 3.63) is 35.9 Å². The van der Waals surface area contributed by atoms with Crippen LogP contribution in [0.2, 0.25) is 0 Å². The average Bonchev–Trinajstić information content (AvgIpc) is 2.99. The molecule has 1 fully saturated rings. The fourth-order valence-electron chi connectivity index (χ4n) is 3.14. The van der Waals surface area contributed by atoms with Crippen molar-refractivity contribution >= 4 is 5.91 Å². The highest BCUT2D eigenvalue weighted by atomic mass is 16.2. The zero-order valence-corrected chi connectivity index (χ0v) is 13.9. The lowest BCUT2D eigenvalue weighted by atomic mass is 10.1. The summed E-state index contributed by atoms with van der Waals surface area (Å²) in [4.78, 5) is 16.7. The molecule has 1 saturated heterocycles. The quantitative estimate of drug-likeness (QED) is 0.839. The molecule has 2 atom stereocenters. The lowest BCUT2D eigenvalue weighted by Gasteiger charge is -2.27. The van der Waals surface area contributed by atoms with E-state index in [-0.39, 0.29) is 11.9 Å². The summed E-state index contributed by atoms with van der Waals surface area (Å²) >= 11 is 0. The number of likely N-dealkylation sites (tertiary alicyclic amines) is 1. The second-order valence-electron chi connectivity index (χ2n) is 6.27. The van der Waals surface area contributed by atoms with Crippen molar-refractivity contribution in [2.24, 2.45) is 11.7 Å². The Labute approximate surface area is 134 Å². The van der Waals surface area contributed by atoms with Crippen LogP contribution in [-0.4, -0.2) is 47.9 Å². The normalized spacial score (nSPS) is 20.0. The van der Waals surface area contributed by atoms with E-state index in [2.05, 4.69) is 35.2 Å². The van der Waals surface area contributed by atoms with Crippen molar-refractivity contribution in [1.82, 2.24) is 9.80 Å². The van der Waals surface area contributed by atoms with Crippen LogP contribution >= 0.6 is 0 Å². The maximum Gasteiger partial charge on any atom is 0.239 e. The summed E-state index contributed by atoms with van der Waals surface area (Å²) in [6.07, 6.45) is 1.87. The fraction of sp³-hybridized carbons (Fsp3) is 0.611. The number of carbonyl (C=O) groups is 1. The summed E-state index contributed by atoms with van der Waals surface area (Å²) in [5.74, 6) is 0.670. The third-order valence-corrected chi connectivity index (χ3v) is 4.55. The van der Waals surface area contributed by atoms with Gasteiger partial charge in [-0.2, -0.15) is 0 Å². The molecular formula is C18H29N3O. The molecule has 1 heterocycles. The van der Waals surface area contributed by atoms with Gasteiger partial charge >= 0.3 is 0 Å². The highest BCUT2D eigenvalue weighted by molar-refractivity contribution is 5.81. The molecule has 1 aromatic carbocycles. The first kappa shape index (κ1) is 17.0. The number of rotatable bonds is 7. The summed E-state index contributed by atoms with van der Waals surface area (Å²) in [5, 5.41) is 0. The minimum absolute atomic E-state index is 0.103. The molecule has 122 valence electrons. The molecule has 4 heteroatoms. The van der Waals surface area contributed by atoms with E-state index in [1.807, 2.05) is 18.7 Å². The van der Waals surface area contributed by atoms with E-state index in [1.54, 1.807) is 0 Å². The van der Waals surface area contributed by atoms with Crippen LogP contribution < -0.4 is 5.73 Å². The van der Waals surface area contributed by atoms with Crippen molar-refractivity contribution < 1.29 is 4.79 Å². The third-order valence-electron chi connectivity index (χ3n) is 4.55. The largest absolute Gasteiger partial charge is 0.341 e. The standard InChI is InChI=1S/C18H29N3O/c1-3-17(19)18(22)21(4-2)14-16-10-11-20(13-16)12-15-8-6-5-7-9-15/h5-9,16-17H,3-4,10-14,19H2,1-2H3/t16?,17-/m0/s1. The number of amides is 1. The second-order valence-corrected chi connectivity index (χ2v) is 6.27. The molecule has 2 N–H and O–H groups in total. The molecule has 0 aromatic heterocycles. The van der Waals surface area contributed by atoms with Gasteiger partial charge in [-0.25, -0.2) is 0 Å². The SMILES string of the molecule is CC[C@H](N)C(=O)N(CC)CC1CCN(Cc2ccccc2)C1. The average molecular weight is 303 g/mol. The Kier molecular flexibility index (Phi) is 6.40. The predicted octanol–water partition coefficient (Wildman–Crippen LogP) is 2.09. The van der Waals surface area contributed by atoms with Crippen LogP contribution in [0, 0.1) is 5.92 Å². The molecule has 4 nitrogen and oxygen atoms in total. The number of hydrogen-bond acceptors (Lipinski definition) is 3. The molecule has 0 bridgehead atoms. The smallest absolute Gasteiger partial charge is 0.239 e. The van der Waals surface area contributed by atoms with Gasteiger partial charge in [0.05, 0.1) is 6.04 Å². The summed E-state index contributed by atoms with van der Waals surface area (Å²) in [7, 11) is 0. The number of nitrogens with zero attached hydrogens (tertiary/aromatic N) is 2. The van der Waals surface area contributed by atoms with Gasteiger partial charge in [0.1, 0.15) is 0 Å². The number of nitrogens with two attached hydrogens (primary N) is 1. The summed E-state index contributed by atoms with van der Waals surface area (Å²) in [6, 6.07) is 10.2. The van der Waals surface area contributed by atoms with E-state index < -0.39 is 0 Å². The third kappa shape index (κ3) is 4.55. The number of benzene rings is 1. The van der Waals surface area contributed by atoms with Gasteiger partial charge in [0.25, 0.3) is 0 Å². The van der Waals surface area contributed by atoms with Crippen LogP contribution in [-0.2, 0) is 11.3 Å². The van der Waals surface area contributed by atoms with E-state index in [4.69, 9.17) is 5.73 Å². The first-order valence-corrected chi connectivity index (χ1v) is 8.44. The van der Waals surface area contributed by atoms with Crippen LogP contribution in [0.3, 0.4) is 0 Å². The van der Waals surface area contributed by atoms with E-state index in [0.717, 1.165) is 39.1 Å². The number of hydrogen-bond donors (Lipinski definition) is 1. The number of carbonyl (C=O) groups excluding carboxylic acids is 1. The Bertz CT molecular complexity index is 463. The van der Waals surface area contributed by atoms with Crippen molar-refractivity contribution in [2.45, 2.75) is 39.3 Å². The van der Waals surface area contributed by atoms with Crippen molar-refractivity contribution in [3.8, 4) is 0 Å². The number of likely N-dealkylation sites (N-methyl/N-ethyl adjacent to an activating group) is 1. The molecule has 1 aromatic rings. The molecule has 2 rings (SSSR count). The van der Waals surface area contributed by atoms with Crippen LogP contribution in [0.25, 0.3) is 0 Å². The maximum atomic E-state index is 12.3. The van der Waals surface area contributed by atoms with Gasteiger partial charge in [-0.3, -0.25) is 9.69 Å². The van der Waals surface area contributed by atoms with Crippen LogP contribution in [0.15, 0.2) is 30.3 Å².